The van der Waals surface area contributed by atoms with Crippen molar-refractivity contribution >= 4 is 22.9 Å². The number of thiazole rings is 1. The highest BCUT2D eigenvalue weighted by Gasteiger charge is 2.31. The molecule has 0 saturated carbocycles. The summed E-state index contributed by atoms with van der Waals surface area (Å²) < 4.78 is 13.9. The lowest BCUT2D eigenvalue weighted by atomic mass is 9.90. The van der Waals surface area contributed by atoms with Gasteiger partial charge in [0.1, 0.15) is 5.82 Å². The quantitative estimate of drug-likeness (QED) is 0.840. The van der Waals surface area contributed by atoms with E-state index in [4.69, 9.17) is 0 Å². The van der Waals surface area contributed by atoms with Gasteiger partial charge in [0.15, 0.2) is 0 Å². The predicted octanol–water partition coefficient (Wildman–Crippen LogP) is 2.74. The molecule has 1 saturated heterocycles. The summed E-state index contributed by atoms with van der Waals surface area (Å²) in [5, 5.41) is 0. The van der Waals surface area contributed by atoms with Crippen LogP contribution in [0.3, 0.4) is 0 Å². The molecule has 1 aliphatic carbocycles. The van der Waals surface area contributed by atoms with Gasteiger partial charge in [-0.2, -0.15) is 0 Å². The standard InChI is InChI=1S/C18H20FN3OS/c19-14-3-1-2-4-16(14)21-7-9-22(10-8-21)18(23)13-5-6-15-17(11-13)24-12-20-15/h1-4,12-13H,5-11H2. The van der Waals surface area contributed by atoms with E-state index in [9.17, 15) is 9.18 Å². The molecule has 4 rings (SSSR count). The molecule has 126 valence electrons. The topological polar surface area (TPSA) is 36.4 Å². The van der Waals surface area contributed by atoms with Gasteiger partial charge in [-0.25, -0.2) is 9.37 Å². The fourth-order valence-electron chi connectivity index (χ4n) is 3.65. The van der Waals surface area contributed by atoms with Crippen molar-refractivity contribution in [2.24, 2.45) is 5.92 Å². The Morgan fingerprint density at radius 3 is 2.79 bits per heavy atom. The Morgan fingerprint density at radius 1 is 1.21 bits per heavy atom. The van der Waals surface area contributed by atoms with Gasteiger partial charge in [-0.05, 0) is 31.4 Å². The molecule has 4 nitrogen and oxygen atoms in total. The van der Waals surface area contributed by atoms with Crippen LogP contribution in [-0.2, 0) is 17.6 Å². The number of piperazine rings is 1. The number of fused-ring (bicyclic) bond motifs is 1. The number of para-hydroxylation sites is 1. The van der Waals surface area contributed by atoms with E-state index in [0.717, 1.165) is 19.3 Å². The molecule has 2 aromatic rings. The van der Waals surface area contributed by atoms with Crippen LogP contribution in [-0.4, -0.2) is 42.0 Å². The van der Waals surface area contributed by atoms with Crippen molar-refractivity contribution in [3.63, 3.8) is 0 Å². The summed E-state index contributed by atoms with van der Waals surface area (Å²) in [6.07, 6.45) is 2.62. The third-order valence-electron chi connectivity index (χ3n) is 5.02. The summed E-state index contributed by atoms with van der Waals surface area (Å²) in [5.41, 5.74) is 3.69. The Labute approximate surface area is 144 Å². The number of aryl methyl sites for hydroxylation is 1. The summed E-state index contributed by atoms with van der Waals surface area (Å²) in [7, 11) is 0. The van der Waals surface area contributed by atoms with Gasteiger partial charge in [-0.1, -0.05) is 12.1 Å². The highest BCUT2D eigenvalue weighted by molar-refractivity contribution is 7.09. The number of benzene rings is 1. The first-order valence-electron chi connectivity index (χ1n) is 8.42. The maximum absolute atomic E-state index is 13.9. The van der Waals surface area contributed by atoms with Crippen molar-refractivity contribution in [1.82, 2.24) is 9.88 Å². The second-order valence-electron chi connectivity index (χ2n) is 6.43. The summed E-state index contributed by atoms with van der Waals surface area (Å²) in [4.78, 5) is 22.4. The molecule has 0 radical (unpaired) electrons. The van der Waals surface area contributed by atoms with Gasteiger partial charge in [-0.3, -0.25) is 4.79 Å². The van der Waals surface area contributed by atoms with E-state index in [2.05, 4.69) is 4.98 Å². The highest BCUT2D eigenvalue weighted by atomic mass is 32.1. The third-order valence-corrected chi connectivity index (χ3v) is 5.92. The van der Waals surface area contributed by atoms with Gasteiger partial charge in [-0.15, -0.1) is 11.3 Å². The van der Waals surface area contributed by atoms with E-state index < -0.39 is 0 Å². The fourth-order valence-corrected chi connectivity index (χ4v) is 4.54. The lowest BCUT2D eigenvalue weighted by Gasteiger charge is -2.38. The summed E-state index contributed by atoms with van der Waals surface area (Å²) in [6, 6.07) is 6.85. The van der Waals surface area contributed by atoms with Crippen LogP contribution in [0.5, 0.6) is 0 Å². The normalized spacial score (nSPS) is 20.8. The molecule has 1 unspecified atom stereocenters. The van der Waals surface area contributed by atoms with E-state index in [1.165, 1.54) is 16.6 Å². The Kier molecular flexibility index (Phi) is 4.22. The van der Waals surface area contributed by atoms with Gasteiger partial charge in [0.25, 0.3) is 0 Å². The molecule has 0 N–H and O–H groups in total. The van der Waals surface area contributed by atoms with Crippen molar-refractivity contribution in [1.29, 1.82) is 0 Å². The lowest BCUT2D eigenvalue weighted by Crippen LogP contribution is -2.51. The molecular weight excluding hydrogens is 325 g/mol. The van der Waals surface area contributed by atoms with Gasteiger partial charge >= 0.3 is 0 Å². The van der Waals surface area contributed by atoms with Crippen molar-refractivity contribution < 1.29 is 9.18 Å². The van der Waals surface area contributed by atoms with E-state index in [1.54, 1.807) is 23.5 Å². The van der Waals surface area contributed by atoms with Crippen molar-refractivity contribution in [2.45, 2.75) is 19.3 Å². The molecule has 0 bridgehead atoms. The number of hydrogen-bond acceptors (Lipinski definition) is 4. The largest absolute Gasteiger partial charge is 0.366 e. The minimum atomic E-state index is -0.192. The fraction of sp³-hybridized carbons (Fsp3) is 0.444. The van der Waals surface area contributed by atoms with Crippen LogP contribution in [0.25, 0.3) is 0 Å². The smallest absolute Gasteiger partial charge is 0.226 e. The zero-order valence-electron chi connectivity index (χ0n) is 13.4. The van der Waals surface area contributed by atoms with Gasteiger partial charge in [0.2, 0.25) is 5.91 Å². The molecular formula is C18H20FN3OS. The number of amides is 1. The minimum absolute atomic E-state index is 0.0814. The highest BCUT2D eigenvalue weighted by Crippen LogP contribution is 2.29. The summed E-state index contributed by atoms with van der Waals surface area (Å²) >= 11 is 1.66. The van der Waals surface area contributed by atoms with Gasteiger partial charge < -0.3 is 9.80 Å². The second kappa shape index (κ2) is 6.51. The molecule has 0 spiro atoms. The average Bonchev–Trinajstić information content (AvgIpc) is 3.09. The molecule has 2 aliphatic rings. The molecule has 2 heterocycles. The third kappa shape index (κ3) is 2.90. The van der Waals surface area contributed by atoms with E-state index in [-0.39, 0.29) is 17.6 Å². The van der Waals surface area contributed by atoms with Crippen LogP contribution in [0.2, 0.25) is 0 Å². The molecule has 1 aromatic heterocycles. The number of hydrogen-bond donors (Lipinski definition) is 0. The summed E-state index contributed by atoms with van der Waals surface area (Å²) in [6.45, 7) is 2.70. The lowest BCUT2D eigenvalue weighted by molar-refractivity contribution is -0.136. The average molecular weight is 345 g/mol. The molecule has 1 amide bonds. The van der Waals surface area contributed by atoms with E-state index >= 15 is 0 Å². The van der Waals surface area contributed by atoms with Crippen molar-refractivity contribution in [2.75, 3.05) is 31.1 Å². The second-order valence-corrected chi connectivity index (χ2v) is 7.37. The first-order valence-corrected chi connectivity index (χ1v) is 9.30. The van der Waals surface area contributed by atoms with E-state index in [0.29, 0.717) is 31.9 Å². The first-order chi connectivity index (χ1) is 11.7. The Balaban J connectivity index is 1.38. The van der Waals surface area contributed by atoms with Crippen molar-refractivity contribution in [3.8, 4) is 0 Å². The van der Waals surface area contributed by atoms with Crippen LogP contribution < -0.4 is 4.90 Å². The molecule has 1 aromatic carbocycles. The molecule has 1 aliphatic heterocycles. The number of carbonyl (C=O) groups excluding carboxylic acids is 1. The maximum atomic E-state index is 13.9. The zero-order valence-corrected chi connectivity index (χ0v) is 14.3. The zero-order chi connectivity index (χ0) is 16.5. The molecule has 6 heteroatoms. The Morgan fingerprint density at radius 2 is 2.00 bits per heavy atom. The van der Waals surface area contributed by atoms with Gasteiger partial charge in [0, 0.05) is 37.0 Å². The number of halogens is 1. The van der Waals surface area contributed by atoms with E-state index in [1.807, 2.05) is 21.4 Å². The number of anilines is 1. The molecule has 24 heavy (non-hydrogen) atoms. The van der Waals surface area contributed by atoms with Crippen molar-refractivity contribution in [3.05, 3.63) is 46.2 Å². The first kappa shape index (κ1) is 15.6. The number of aromatic nitrogens is 1. The van der Waals surface area contributed by atoms with Crippen LogP contribution in [0.4, 0.5) is 10.1 Å². The molecule has 1 fully saturated rings. The monoisotopic (exact) mass is 345 g/mol. The minimum Gasteiger partial charge on any atom is -0.366 e. The molecule has 1 atom stereocenters. The van der Waals surface area contributed by atoms with Crippen LogP contribution in [0.15, 0.2) is 29.8 Å². The SMILES string of the molecule is O=C(C1CCc2ncsc2C1)N1CCN(c2ccccc2F)CC1. The number of nitrogens with zero attached hydrogens (tertiary/aromatic N) is 3. The Bertz CT molecular complexity index is 739. The summed E-state index contributed by atoms with van der Waals surface area (Å²) in [5.74, 6) is 0.141. The maximum Gasteiger partial charge on any atom is 0.226 e. The van der Waals surface area contributed by atoms with Gasteiger partial charge in [0.05, 0.1) is 16.9 Å². The predicted molar refractivity (Wildman–Crippen MR) is 92.8 cm³/mol. The van der Waals surface area contributed by atoms with Crippen LogP contribution in [0, 0.1) is 11.7 Å². The van der Waals surface area contributed by atoms with Crippen LogP contribution >= 0.6 is 11.3 Å². The number of rotatable bonds is 2. The number of carbonyl (C=O) groups is 1. The Hall–Kier alpha value is -1.95. The van der Waals surface area contributed by atoms with Crippen LogP contribution in [0.1, 0.15) is 17.0 Å².